The van der Waals surface area contributed by atoms with Gasteiger partial charge in [0.1, 0.15) is 0 Å². The quantitative estimate of drug-likeness (QED) is 0.685. The van der Waals surface area contributed by atoms with E-state index in [1.807, 2.05) is 0 Å². The largest absolute Gasteiger partial charge is 0.493 e. The molecule has 0 aliphatic heterocycles. The van der Waals surface area contributed by atoms with Crippen LogP contribution in [0.1, 0.15) is 11.7 Å². The van der Waals surface area contributed by atoms with Crippen LogP contribution in [0.4, 0.5) is 8.78 Å². The number of ether oxygens (including phenoxy) is 2. The fourth-order valence-corrected chi connectivity index (χ4v) is 2.94. The van der Waals surface area contributed by atoms with Gasteiger partial charge in [-0.25, -0.2) is 0 Å². The van der Waals surface area contributed by atoms with Crippen LogP contribution in [0.15, 0.2) is 53.4 Å². The van der Waals surface area contributed by atoms with E-state index in [0.717, 1.165) is 0 Å². The van der Waals surface area contributed by atoms with Crippen LogP contribution >= 0.6 is 11.8 Å². The molecule has 0 bridgehead atoms. The number of rotatable bonds is 8. The third-order valence-electron chi connectivity index (χ3n) is 3.45. The average molecular weight is 383 g/mol. The molecule has 2 aromatic rings. The van der Waals surface area contributed by atoms with Crippen molar-refractivity contribution in [3.8, 4) is 11.5 Å². The minimum Gasteiger partial charge on any atom is -0.493 e. The Balaban J connectivity index is 1.98. The van der Waals surface area contributed by atoms with E-state index in [1.165, 1.54) is 32.4 Å². The number of nitrogens with one attached hydrogen (secondary N) is 1. The number of aliphatic hydroxyl groups excluding tert-OH is 1. The molecule has 140 valence electrons. The Labute approximate surface area is 154 Å². The number of halogens is 2. The highest BCUT2D eigenvalue weighted by Gasteiger charge is 2.32. The fraction of sp³-hybridized carbons (Fsp3) is 0.278. The molecule has 0 aliphatic rings. The SMILES string of the molecule is COc1ccc(C(O)C(=O)NCC(F)(F)Sc2ccccc2)cc1OC. The van der Waals surface area contributed by atoms with E-state index >= 15 is 0 Å². The molecule has 1 unspecified atom stereocenters. The Hall–Kier alpha value is -2.32. The molecule has 2 rings (SSSR count). The van der Waals surface area contributed by atoms with E-state index < -0.39 is 23.8 Å². The molecule has 0 heterocycles. The zero-order valence-corrected chi connectivity index (χ0v) is 15.1. The number of alkyl halides is 2. The number of hydrogen-bond acceptors (Lipinski definition) is 5. The summed E-state index contributed by atoms with van der Waals surface area (Å²) in [7, 11) is 2.86. The Bertz CT molecular complexity index is 743. The van der Waals surface area contributed by atoms with Gasteiger partial charge < -0.3 is 19.9 Å². The van der Waals surface area contributed by atoms with Crippen molar-refractivity contribution in [2.45, 2.75) is 16.3 Å². The maximum Gasteiger partial charge on any atom is 0.315 e. The zero-order valence-electron chi connectivity index (χ0n) is 14.2. The molecule has 0 saturated heterocycles. The van der Waals surface area contributed by atoms with Crippen molar-refractivity contribution < 1.29 is 28.2 Å². The second-order valence-electron chi connectivity index (χ2n) is 5.29. The molecule has 5 nitrogen and oxygen atoms in total. The molecule has 0 aromatic heterocycles. The first-order valence-electron chi connectivity index (χ1n) is 7.66. The Morgan fingerprint density at radius 2 is 1.81 bits per heavy atom. The minimum absolute atomic E-state index is 0.208. The maximum atomic E-state index is 14.0. The number of aliphatic hydroxyl groups is 1. The van der Waals surface area contributed by atoms with Crippen LogP contribution in [-0.2, 0) is 4.79 Å². The average Bonchev–Trinajstić information content (AvgIpc) is 2.65. The topological polar surface area (TPSA) is 67.8 Å². The van der Waals surface area contributed by atoms with Crippen molar-refractivity contribution >= 4 is 17.7 Å². The molecule has 0 fully saturated rings. The van der Waals surface area contributed by atoms with E-state index in [4.69, 9.17) is 9.47 Å². The molecule has 1 amide bonds. The molecular weight excluding hydrogens is 364 g/mol. The van der Waals surface area contributed by atoms with Gasteiger partial charge in [0.05, 0.1) is 20.8 Å². The summed E-state index contributed by atoms with van der Waals surface area (Å²) in [4.78, 5) is 12.4. The molecule has 0 aliphatic carbocycles. The van der Waals surface area contributed by atoms with Gasteiger partial charge in [0.15, 0.2) is 17.6 Å². The summed E-state index contributed by atoms with van der Waals surface area (Å²) in [6.45, 7) is -0.907. The van der Waals surface area contributed by atoms with Gasteiger partial charge in [-0.15, -0.1) is 0 Å². The number of carbonyl (C=O) groups is 1. The molecule has 0 radical (unpaired) electrons. The second-order valence-corrected chi connectivity index (χ2v) is 6.56. The van der Waals surface area contributed by atoms with Crippen LogP contribution in [-0.4, -0.2) is 37.0 Å². The Morgan fingerprint density at radius 1 is 1.15 bits per heavy atom. The molecule has 1 atom stereocenters. The van der Waals surface area contributed by atoms with E-state index in [-0.39, 0.29) is 5.56 Å². The summed E-state index contributed by atoms with van der Waals surface area (Å²) in [5.41, 5.74) is 0.208. The number of methoxy groups -OCH3 is 2. The highest BCUT2D eigenvalue weighted by atomic mass is 32.2. The van der Waals surface area contributed by atoms with Gasteiger partial charge in [0, 0.05) is 4.90 Å². The van der Waals surface area contributed by atoms with Gasteiger partial charge in [-0.1, -0.05) is 36.0 Å². The highest BCUT2D eigenvalue weighted by molar-refractivity contribution is 8.00. The normalized spacial score (nSPS) is 12.3. The van der Waals surface area contributed by atoms with Gasteiger partial charge in [0.25, 0.3) is 5.91 Å². The Kier molecular flexibility index (Phi) is 6.82. The molecule has 0 saturated carbocycles. The zero-order chi connectivity index (χ0) is 19.2. The summed E-state index contributed by atoms with van der Waals surface area (Å²) in [6, 6.07) is 12.5. The Morgan fingerprint density at radius 3 is 2.42 bits per heavy atom. The number of hydrogen-bond donors (Lipinski definition) is 2. The summed E-state index contributed by atoms with van der Waals surface area (Å²) in [6.07, 6.45) is -1.60. The standard InChI is InChI=1S/C18H19F2NO4S/c1-24-14-9-8-12(10-15(14)25-2)16(22)17(23)21-11-18(19,20)26-13-6-4-3-5-7-13/h3-10,16,22H,11H2,1-2H3,(H,21,23). The summed E-state index contributed by atoms with van der Waals surface area (Å²) in [5.74, 6) is -0.179. The van der Waals surface area contributed by atoms with Crippen molar-refractivity contribution in [1.29, 1.82) is 0 Å². The van der Waals surface area contributed by atoms with E-state index in [9.17, 15) is 18.7 Å². The van der Waals surface area contributed by atoms with Gasteiger partial charge in [-0.2, -0.15) is 8.78 Å². The molecule has 0 spiro atoms. The van der Waals surface area contributed by atoms with E-state index in [1.54, 1.807) is 30.3 Å². The molecule has 2 N–H and O–H groups in total. The maximum absolute atomic E-state index is 14.0. The second kappa shape index (κ2) is 8.86. The fourth-order valence-electron chi connectivity index (χ4n) is 2.16. The molecule has 26 heavy (non-hydrogen) atoms. The van der Waals surface area contributed by atoms with Crippen LogP contribution in [0.2, 0.25) is 0 Å². The lowest BCUT2D eigenvalue weighted by atomic mass is 10.1. The third-order valence-corrected chi connectivity index (χ3v) is 4.40. The first-order valence-corrected chi connectivity index (χ1v) is 8.47. The highest BCUT2D eigenvalue weighted by Crippen LogP contribution is 2.35. The number of amides is 1. The van der Waals surface area contributed by atoms with Gasteiger partial charge in [0.2, 0.25) is 0 Å². The van der Waals surface area contributed by atoms with Gasteiger partial charge in [-0.3, -0.25) is 4.79 Å². The lowest BCUT2D eigenvalue weighted by molar-refractivity contribution is -0.130. The van der Waals surface area contributed by atoms with E-state index in [0.29, 0.717) is 28.2 Å². The number of benzene rings is 2. The monoisotopic (exact) mass is 383 g/mol. The lowest BCUT2D eigenvalue weighted by Crippen LogP contribution is -2.37. The first kappa shape index (κ1) is 20.0. The summed E-state index contributed by atoms with van der Waals surface area (Å²) >= 11 is 0.340. The first-order chi connectivity index (χ1) is 12.4. The molecule has 2 aromatic carbocycles. The predicted octanol–water partition coefficient (Wildman–Crippen LogP) is 3.24. The molecule has 8 heteroatoms. The van der Waals surface area contributed by atoms with Crippen molar-refractivity contribution in [2.75, 3.05) is 20.8 Å². The number of thioether (sulfide) groups is 1. The predicted molar refractivity (Wildman–Crippen MR) is 94.8 cm³/mol. The smallest absolute Gasteiger partial charge is 0.315 e. The lowest BCUT2D eigenvalue weighted by Gasteiger charge is -2.18. The van der Waals surface area contributed by atoms with Crippen molar-refractivity contribution in [2.24, 2.45) is 0 Å². The van der Waals surface area contributed by atoms with Gasteiger partial charge >= 0.3 is 5.25 Å². The number of carbonyl (C=O) groups excluding carboxylic acids is 1. The van der Waals surface area contributed by atoms with E-state index in [2.05, 4.69) is 5.32 Å². The van der Waals surface area contributed by atoms with Crippen LogP contribution in [0.25, 0.3) is 0 Å². The van der Waals surface area contributed by atoms with Crippen molar-refractivity contribution in [3.05, 3.63) is 54.1 Å². The molecular formula is C18H19F2NO4S. The van der Waals surface area contributed by atoms with Crippen LogP contribution in [0.5, 0.6) is 11.5 Å². The summed E-state index contributed by atoms with van der Waals surface area (Å²) in [5, 5.41) is 8.96. The van der Waals surface area contributed by atoms with Crippen molar-refractivity contribution in [1.82, 2.24) is 5.32 Å². The minimum atomic E-state index is -3.21. The van der Waals surface area contributed by atoms with Gasteiger partial charge in [-0.05, 0) is 29.8 Å². The van der Waals surface area contributed by atoms with Crippen molar-refractivity contribution in [3.63, 3.8) is 0 Å². The third kappa shape index (κ3) is 5.34. The van der Waals surface area contributed by atoms with Crippen LogP contribution < -0.4 is 14.8 Å². The van der Waals surface area contributed by atoms with Crippen LogP contribution in [0, 0.1) is 0 Å². The summed E-state index contributed by atoms with van der Waals surface area (Å²) < 4.78 is 38.1. The van der Waals surface area contributed by atoms with Crippen LogP contribution in [0.3, 0.4) is 0 Å².